The lowest BCUT2D eigenvalue weighted by atomic mass is 10.0. The smallest absolute Gasteiger partial charge is 0.336 e. The maximum absolute atomic E-state index is 13.1. The van der Waals surface area contributed by atoms with Crippen molar-refractivity contribution in [2.24, 2.45) is 0 Å². The third-order valence-corrected chi connectivity index (χ3v) is 7.56. The minimum atomic E-state index is -1.66. The van der Waals surface area contributed by atoms with Gasteiger partial charge in [-0.1, -0.05) is 61.4 Å². The van der Waals surface area contributed by atoms with Crippen LogP contribution >= 0.6 is 0 Å². The van der Waals surface area contributed by atoms with Crippen molar-refractivity contribution in [1.29, 1.82) is 0 Å². The molecule has 0 aromatic heterocycles. The van der Waals surface area contributed by atoms with Crippen LogP contribution in [0.25, 0.3) is 10.8 Å². The third kappa shape index (κ3) is 10.8. The van der Waals surface area contributed by atoms with E-state index in [-0.39, 0.29) is 20.0 Å². The Balaban J connectivity index is 1.21. The molecule has 2 unspecified atom stereocenters. The van der Waals surface area contributed by atoms with Gasteiger partial charge in [-0.3, -0.25) is 4.79 Å². The van der Waals surface area contributed by atoms with Crippen LogP contribution < -0.4 is 14.8 Å². The van der Waals surface area contributed by atoms with Crippen LogP contribution in [0.3, 0.4) is 0 Å². The number of carbonyl (C=O) groups excluding carboxylic acids is 2. The molecule has 0 aliphatic carbocycles. The zero-order valence-electron chi connectivity index (χ0n) is 25.8. The first kappa shape index (κ1) is 33.7. The summed E-state index contributed by atoms with van der Waals surface area (Å²) in [5.41, 5.74) is 2.40. The van der Waals surface area contributed by atoms with Gasteiger partial charge in [-0.2, -0.15) is 0 Å². The minimum absolute atomic E-state index is 0.132. The molecule has 2 atom stereocenters. The number of ether oxygens (including phenoxy) is 5. The van der Waals surface area contributed by atoms with Crippen molar-refractivity contribution in [3.8, 4) is 11.5 Å². The van der Waals surface area contributed by atoms with Crippen molar-refractivity contribution in [2.75, 3.05) is 33.2 Å². The molecule has 1 heterocycles. The normalized spacial score (nSPS) is 13.4. The number of aliphatic carboxylic acids is 1. The van der Waals surface area contributed by atoms with Crippen molar-refractivity contribution in [3.63, 3.8) is 0 Å². The van der Waals surface area contributed by atoms with Gasteiger partial charge in [0.05, 0.1) is 6.61 Å². The van der Waals surface area contributed by atoms with Gasteiger partial charge in [0, 0.05) is 13.2 Å². The Bertz CT molecular complexity index is 1410. The van der Waals surface area contributed by atoms with Crippen LogP contribution in [-0.2, 0) is 41.4 Å². The zero-order valence-corrected chi connectivity index (χ0v) is 25.8. The summed E-state index contributed by atoms with van der Waals surface area (Å²) in [7, 11) is 0. The van der Waals surface area contributed by atoms with E-state index in [1.165, 1.54) is 16.3 Å². The minimum Gasteiger partial charge on any atom is -0.479 e. The number of hydrogen-bond acceptors (Lipinski definition) is 8. The molecule has 242 valence electrons. The Morgan fingerprint density at radius 1 is 0.800 bits per heavy atom. The second kappa shape index (κ2) is 18.0. The van der Waals surface area contributed by atoms with E-state index >= 15 is 0 Å². The van der Waals surface area contributed by atoms with Gasteiger partial charge in [0.25, 0.3) is 5.91 Å². The highest BCUT2D eigenvalue weighted by Gasteiger charge is 2.36. The number of aryl methyl sites for hydroxylation is 2. The number of nitrogens with one attached hydrogen (secondary N) is 1. The quantitative estimate of drug-likeness (QED) is 0.129. The topological polar surface area (TPSA) is 130 Å². The second-order valence-corrected chi connectivity index (χ2v) is 10.9. The first-order chi connectivity index (χ1) is 21.9. The fourth-order valence-corrected chi connectivity index (χ4v) is 5.20. The molecule has 1 amide bonds. The highest BCUT2D eigenvalue weighted by Crippen LogP contribution is 2.32. The van der Waals surface area contributed by atoms with Crippen LogP contribution in [0, 0.1) is 0 Å². The monoisotopic (exact) mass is 621 g/mol. The highest BCUT2D eigenvalue weighted by molar-refractivity contribution is 5.88. The number of amides is 1. The van der Waals surface area contributed by atoms with Crippen LogP contribution in [-0.4, -0.2) is 68.3 Å². The molecule has 1 aliphatic rings. The number of carbonyl (C=O) groups is 3. The number of hydrogen-bond donors (Lipinski definition) is 2. The first-order valence-corrected chi connectivity index (χ1v) is 15.7. The molecule has 0 fully saturated rings. The van der Waals surface area contributed by atoms with E-state index in [1.807, 2.05) is 30.3 Å². The summed E-state index contributed by atoms with van der Waals surface area (Å²) in [6, 6.07) is 20.6. The first-order valence-electron chi connectivity index (χ1n) is 15.7. The lowest BCUT2D eigenvalue weighted by Crippen LogP contribution is -2.49. The van der Waals surface area contributed by atoms with Crippen LogP contribution in [0.4, 0.5) is 0 Å². The zero-order chi connectivity index (χ0) is 31.9. The van der Waals surface area contributed by atoms with Crippen molar-refractivity contribution in [2.45, 2.75) is 70.5 Å². The highest BCUT2D eigenvalue weighted by atomic mass is 16.7. The fourth-order valence-electron chi connectivity index (χ4n) is 5.20. The molecule has 0 saturated carbocycles. The van der Waals surface area contributed by atoms with E-state index in [4.69, 9.17) is 23.7 Å². The molecule has 2 N–H and O–H groups in total. The molecule has 3 aromatic carbocycles. The maximum Gasteiger partial charge on any atom is 0.336 e. The summed E-state index contributed by atoms with van der Waals surface area (Å²) < 4.78 is 26.7. The molecular weight excluding hydrogens is 578 g/mol. The van der Waals surface area contributed by atoms with E-state index in [1.54, 1.807) is 6.92 Å². The van der Waals surface area contributed by atoms with E-state index in [9.17, 15) is 19.5 Å². The Hall–Kier alpha value is -4.15. The Kier molecular flexibility index (Phi) is 13.5. The molecular formula is C35H43NO9. The van der Waals surface area contributed by atoms with Gasteiger partial charge >= 0.3 is 11.9 Å². The van der Waals surface area contributed by atoms with E-state index in [0.717, 1.165) is 62.0 Å². The molecule has 45 heavy (non-hydrogen) atoms. The van der Waals surface area contributed by atoms with E-state index < -0.39 is 36.7 Å². The molecule has 0 saturated heterocycles. The molecule has 3 aromatic rings. The van der Waals surface area contributed by atoms with E-state index in [0.29, 0.717) is 13.0 Å². The third-order valence-electron chi connectivity index (χ3n) is 7.56. The number of carboxylic acid groups (broad SMARTS) is 1. The molecule has 0 bridgehead atoms. The Labute approximate surface area is 263 Å². The van der Waals surface area contributed by atoms with Gasteiger partial charge in [0.2, 0.25) is 6.79 Å². The molecule has 4 rings (SSSR count). The van der Waals surface area contributed by atoms with Crippen molar-refractivity contribution < 1.29 is 43.2 Å². The Morgan fingerprint density at radius 2 is 1.51 bits per heavy atom. The molecule has 10 nitrogen and oxygen atoms in total. The van der Waals surface area contributed by atoms with Gasteiger partial charge in [-0.15, -0.1) is 0 Å². The standard InChI is InChI=1S/C35H43NO9/c1-2-41-31(37)23-43-33(35(39)40)32(42-20-10-4-6-12-26-16-18-29-30(22-26)45-24-44-29)34(38)36-19-9-3-5-11-25-15-17-27-13-7-8-14-28(27)21-25/h7-8,13-18,21-22,32-33H,2-6,9-12,19-20,23-24H2,1H3,(H,36,38)(H,39,40). The molecule has 10 heteroatoms. The fraction of sp³-hybridized carbons (Fsp3) is 0.457. The Morgan fingerprint density at radius 3 is 2.29 bits per heavy atom. The van der Waals surface area contributed by atoms with E-state index in [2.05, 4.69) is 35.6 Å². The summed E-state index contributed by atoms with van der Waals surface area (Å²) in [4.78, 5) is 37.0. The summed E-state index contributed by atoms with van der Waals surface area (Å²) in [5.74, 6) is -1.19. The largest absolute Gasteiger partial charge is 0.479 e. The second-order valence-electron chi connectivity index (χ2n) is 10.9. The van der Waals surface area contributed by atoms with Crippen molar-refractivity contribution in [3.05, 3.63) is 71.8 Å². The van der Waals surface area contributed by atoms with Gasteiger partial charge < -0.3 is 34.1 Å². The number of esters is 1. The number of carboxylic acids is 1. The summed E-state index contributed by atoms with van der Waals surface area (Å²) in [5, 5.41) is 15.1. The summed E-state index contributed by atoms with van der Waals surface area (Å²) >= 11 is 0. The molecule has 1 aliphatic heterocycles. The number of rotatable bonds is 20. The van der Waals surface area contributed by atoms with Crippen LogP contribution in [0.5, 0.6) is 11.5 Å². The average molecular weight is 622 g/mol. The van der Waals surface area contributed by atoms with Crippen LogP contribution in [0.1, 0.15) is 56.6 Å². The van der Waals surface area contributed by atoms with Crippen LogP contribution in [0.2, 0.25) is 0 Å². The SMILES string of the molecule is CCOC(=O)COC(C(=O)O)C(OCCCCCc1ccc2c(c1)OCO2)C(=O)NCCCCCc1ccc2ccccc2c1. The molecule has 0 spiro atoms. The number of unbranched alkanes of at least 4 members (excludes halogenated alkanes) is 4. The average Bonchev–Trinajstić information content (AvgIpc) is 3.51. The van der Waals surface area contributed by atoms with Gasteiger partial charge in [-0.05, 0) is 79.5 Å². The number of benzene rings is 3. The predicted molar refractivity (Wildman–Crippen MR) is 168 cm³/mol. The van der Waals surface area contributed by atoms with Crippen molar-refractivity contribution >= 4 is 28.6 Å². The van der Waals surface area contributed by atoms with Gasteiger partial charge in [0.15, 0.2) is 23.7 Å². The van der Waals surface area contributed by atoms with Crippen LogP contribution in [0.15, 0.2) is 60.7 Å². The lowest BCUT2D eigenvalue weighted by molar-refractivity contribution is -0.174. The van der Waals surface area contributed by atoms with Crippen molar-refractivity contribution in [1.82, 2.24) is 5.32 Å². The van der Waals surface area contributed by atoms with Gasteiger partial charge in [0.1, 0.15) is 6.61 Å². The van der Waals surface area contributed by atoms with Gasteiger partial charge in [-0.25, -0.2) is 9.59 Å². The predicted octanol–water partition coefficient (Wildman–Crippen LogP) is 5.23. The molecule has 0 radical (unpaired) electrons. The summed E-state index contributed by atoms with van der Waals surface area (Å²) in [6.07, 6.45) is 3.58. The lowest BCUT2D eigenvalue weighted by Gasteiger charge is -2.23. The number of fused-ring (bicyclic) bond motifs is 2. The maximum atomic E-state index is 13.1. The summed E-state index contributed by atoms with van der Waals surface area (Å²) in [6.45, 7) is 1.95.